The van der Waals surface area contributed by atoms with Crippen molar-refractivity contribution >= 4 is 23.3 Å². The molecule has 2 heteroatoms. The number of nitrogens with zero attached hydrogens (tertiary/aromatic N) is 2. The summed E-state index contributed by atoms with van der Waals surface area (Å²) in [5.74, 6) is 0. The van der Waals surface area contributed by atoms with Gasteiger partial charge in [-0.15, -0.1) is 0 Å². The first-order valence-electron chi connectivity index (χ1n) is 14.4. The van der Waals surface area contributed by atoms with Gasteiger partial charge in [0.25, 0.3) is 0 Å². The summed E-state index contributed by atoms with van der Waals surface area (Å²) in [5, 5.41) is 4.62. The molecule has 0 saturated heterocycles. The van der Waals surface area contributed by atoms with E-state index in [1.54, 1.807) is 10.9 Å². The largest absolute Gasteiger partial charge is 0.240 e. The minimum atomic E-state index is -0.138. The van der Waals surface area contributed by atoms with E-state index in [-0.39, 0.29) is 18.1 Å². The summed E-state index contributed by atoms with van der Waals surface area (Å²) in [4.78, 5) is 0. The monoisotopic (exact) mass is 503 g/mol. The summed E-state index contributed by atoms with van der Waals surface area (Å²) < 4.78 is 29.3. The van der Waals surface area contributed by atoms with E-state index in [0.29, 0.717) is 16.8 Å². The molecule has 5 aromatic carbocycles. The predicted octanol–water partition coefficient (Wildman–Crippen LogP) is 9.05. The number of aromatic nitrogens is 2. The lowest BCUT2D eigenvalue weighted by molar-refractivity contribution is 0.875. The second-order valence-electron chi connectivity index (χ2n) is 9.09. The van der Waals surface area contributed by atoms with Gasteiger partial charge in [-0.05, 0) is 51.6 Å². The maximum Gasteiger partial charge on any atom is 0.0802 e. The molecule has 6 aromatic rings. The van der Waals surface area contributed by atoms with Gasteiger partial charge in [-0.25, -0.2) is 4.68 Å². The molecule has 186 valence electrons. The predicted molar refractivity (Wildman–Crippen MR) is 163 cm³/mol. The van der Waals surface area contributed by atoms with E-state index in [1.807, 2.05) is 146 Å². The lowest BCUT2D eigenvalue weighted by Crippen LogP contribution is -2.06. The summed E-state index contributed by atoms with van der Waals surface area (Å²) in [6.07, 6.45) is 7.62. The first kappa shape index (κ1) is 20.8. The molecule has 0 saturated carbocycles. The van der Waals surface area contributed by atoms with Crippen molar-refractivity contribution in [2.75, 3.05) is 0 Å². The number of hydrogen-bond acceptors (Lipinski definition) is 1. The van der Waals surface area contributed by atoms with Crippen molar-refractivity contribution in [3.63, 3.8) is 0 Å². The quantitative estimate of drug-likeness (QED) is 0.199. The first-order chi connectivity index (χ1) is 20.6. The summed E-state index contributed by atoms with van der Waals surface area (Å²) in [6, 6.07) is 41.5. The highest BCUT2D eigenvalue weighted by atomic mass is 15.3. The minimum Gasteiger partial charge on any atom is -0.240 e. The molecule has 0 N–H and O–H groups in total. The Morgan fingerprint density at radius 3 is 1.41 bits per heavy atom. The topological polar surface area (TPSA) is 17.8 Å². The number of hydrogen-bond donors (Lipinski definition) is 0. The number of para-hydroxylation sites is 1. The van der Waals surface area contributed by atoms with Crippen molar-refractivity contribution in [2.45, 2.75) is 0 Å². The van der Waals surface area contributed by atoms with E-state index in [4.69, 9.17) is 1.37 Å². The number of benzene rings is 5. The maximum atomic E-state index is 9.28. The van der Waals surface area contributed by atoms with Crippen LogP contribution in [-0.2, 0) is 0 Å². The Bertz CT molecular complexity index is 1740. The summed E-state index contributed by atoms with van der Waals surface area (Å²) >= 11 is 0. The minimum absolute atomic E-state index is 0.0209. The molecule has 39 heavy (non-hydrogen) atoms. The van der Waals surface area contributed by atoms with Crippen molar-refractivity contribution in [1.82, 2.24) is 9.78 Å². The Balaban J connectivity index is 1.77. The molecule has 0 unspecified atom stereocenters. The molecule has 0 fully saturated rings. The van der Waals surface area contributed by atoms with Crippen LogP contribution in [0.25, 0.3) is 29.0 Å². The zero-order valence-corrected chi connectivity index (χ0v) is 21.3. The summed E-state index contributed by atoms with van der Waals surface area (Å²) in [6.45, 7) is 0. The van der Waals surface area contributed by atoms with Gasteiger partial charge in [-0.3, -0.25) is 0 Å². The Hall–Kier alpha value is -5.21. The maximum absolute atomic E-state index is 9.28. The fourth-order valence-corrected chi connectivity index (χ4v) is 4.69. The van der Waals surface area contributed by atoms with Crippen LogP contribution in [0.5, 0.6) is 0 Å². The van der Waals surface area contributed by atoms with Crippen LogP contribution in [0.15, 0.2) is 158 Å². The van der Waals surface area contributed by atoms with Crippen molar-refractivity contribution in [3.8, 4) is 5.69 Å². The third-order valence-corrected chi connectivity index (χ3v) is 6.51. The smallest absolute Gasteiger partial charge is 0.0802 e. The second kappa shape index (κ2) is 11.5. The van der Waals surface area contributed by atoms with Crippen molar-refractivity contribution in [3.05, 3.63) is 191 Å². The van der Waals surface area contributed by atoms with Crippen molar-refractivity contribution in [1.29, 1.82) is 0 Å². The van der Waals surface area contributed by atoms with Gasteiger partial charge >= 0.3 is 0 Å². The third kappa shape index (κ3) is 5.41. The molecule has 0 radical (unpaired) electrons. The van der Waals surface area contributed by atoms with Crippen LogP contribution in [-0.4, -0.2) is 9.78 Å². The van der Waals surface area contributed by atoms with Gasteiger partial charge in [-0.1, -0.05) is 139 Å². The zero-order chi connectivity index (χ0) is 28.9. The SMILES string of the molecule is [2H]c1c([2H])c(/C(=C/c2ccccc2)c2ccccc2)c(-n2cccn2)c(/C(=C/c2ccccc2)c2ccccc2)c1[2H]. The molecule has 0 aliphatic rings. The normalized spacial score (nSPS) is 13.0. The van der Waals surface area contributed by atoms with E-state index < -0.39 is 0 Å². The standard InChI is InChI=1S/C37H28N2/c1-5-15-29(16-6-1)27-35(31-19-9-3-10-20-31)33-23-13-24-34(37(33)39-26-14-25-38-39)36(32-21-11-4-12-22-32)28-30-17-7-2-8-18-30/h1-28H/b35-27+,36-28+/i13D,23D,24D. The lowest BCUT2D eigenvalue weighted by atomic mass is 9.88. The van der Waals surface area contributed by atoms with Crippen LogP contribution in [0.3, 0.4) is 0 Å². The fourth-order valence-electron chi connectivity index (χ4n) is 4.69. The molecule has 0 bridgehead atoms. The Morgan fingerprint density at radius 1 is 0.564 bits per heavy atom. The number of rotatable bonds is 7. The van der Waals surface area contributed by atoms with E-state index in [1.165, 1.54) is 0 Å². The second-order valence-corrected chi connectivity index (χ2v) is 9.09. The van der Waals surface area contributed by atoms with Crippen LogP contribution in [0, 0.1) is 0 Å². The van der Waals surface area contributed by atoms with Gasteiger partial charge in [0, 0.05) is 23.5 Å². The molecular weight excluding hydrogens is 472 g/mol. The third-order valence-electron chi connectivity index (χ3n) is 6.51. The van der Waals surface area contributed by atoms with Crippen molar-refractivity contribution < 1.29 is 4.11 Å². The molecular formula is C37H28N2. The molecule has 6 rings (SSSR count). The Morgan fingerprint density at radius 2 is 1.00 bits per heavy atom. The average molecular weight is 504 g/mol. The Kier molecular flexibility index (Phi) is 6.11. The molecule has 0 amide bonds. The van der Waals surface area contributed by atoms with E-state index >= 15 is 0 Å². The van der Waals surface area contributed by atoms with Gasteiger partial charge in [0.1, 0.15) is 0 Å². The highest BCUT2D eigenvalue weighted by Crippen LogP contribution is 2.37. The van der Waals surface area contributed by atoms with E-state index in [9.17, 15) is 2.74 Å². The molecule has 1 heterocycles. The lowest BCUT2D eigenvalue weighted by Gasteiger charge is -2.20. The molecule has 0 aliphatic heterocycles. The van der Waals surface area contributed by atoms with Gasteiger partial charge < -0.3 is 0 Å². The molecule has 0 aliphatic carbocycles. The zero-order valence-electron chi connectivity index (χ0n) is 24.3. The molecule has 1 aromatic heterocycles. The highest BCUT2D eigenvalue weighted by Gasteiger charge is 2.19. The first-order valence-corrected chi connectivity index (χ1v) is 12.9. The molecule has 0 atom stereocenters. The molecule has 0 spiro atoms. The van der Waals surface area contributed by atoms with Crippen molar-refractivity contribution in [2.24, 2.45) is 0 Å². The van der Waals surface area contributed by atoms with Gasteiger partial charge in [0.15, 0.2) is 0 Å². The van der Waals surface area contributed by atoms with Crippen LogP contribution >= 0.6 is 0 Å². The van der Waals surface area contributed by atoms with Crippen LogP contribution in [0.1, 0.15) is 37.5 Å². The Labute approximate surface area is 234 Å². The highest BCUT2D eigenvalue weighted by molar-refractivity contribution is 6.00. The fraction of sp³-hybridized carbons (Fsp3) is 0. The van der Waals surface area contributed by atoms with Crippen LogP contribution in [0.2, 0.25) is 0 Å². The van der Waals surface area contributed by atoms with Crippen LogP contribution < -0.4 is 0 Å². The van der Waals surface area contributed by atoms with Gasteiger partial charge in [-0.2, -0.15) is 5.10 Å². The van der Waals surface area contributed by atoms with Crippen LogP contribution in [0.4, 0.5) is 0 Å². The van der Waals surface area contributed by atoms with E-state index in [2.05, 4.69) is 5.10 Å². The van der Waals surface area contributed by atoms with E-state index in [0.717, 1.165) is 33.4 Å². The van der Waals surface area contributed by atoms with Gasteiger partial charge in [0.2, 0.25) is 0 Å². The van der Waals surface area contributed by atoms with Gasteiger partial charge in [0.05, 0.1) is 9.80 Å². The summed E-state index contributed by atoms with van der Waals surface area (Å²) in [5.41, 5.74) is 6.96. The molecule has 2 nitrogen and oxygen atoms in total. The average Bonchev–Trinajstić information content (AvgIpc) is 3.59. The summed E-state index contributed by atoms with van der Waals surface area (Å²) in [7, 11) is 0.